The van der Waals surface area contributed by atoms with E-state index < -0.39 is 5.97 Å². The number of benzene rings is 1. The summed E-state index contributed by atoms with van der Waals surface area (Å²) in [5.74, 6) is -0.876. The molecule has 1 saturated carbocycles. The van der Waals surface area contributed by atoms with E-state index in [9.17, 15) is 14.4 Å². The molecule has 0 atom stereocenters. The van der Waals surface area contributed by atoms with Crippen LogP contribution in [0.25, 0.3) is 0 Å². The lowest BCUT2D eigenvalue weighted by Crippen LogP contribution is -2.55. The van der Waals surface area contributed by atoms with Crippen molar-refractivity contribution in [3.8, 4) is 5.75 Å². The van der Waals surface area contributed by atoms with Crippen molar-refractivity contribution in [2.75, 3.05) is 26.7 Å². The average molecular weight is 363 g/mol. The minimum atomic E-state index is -0.848. The molecule has 0 aliphatic heterocycles. The molecule has 142 valence electrons. The van der Waals surface area contributed by atoms with Gasteiger partial charge in [0.1, 0.15) is 5.75 Å². The third kappa shape index (κ3) is 5.45. The van der Waals surface area contributed by atoms with Crippen molar-refractivity contribution in [1.82, 2.24) is 15.5 Å². The second-order valence-electron chi connectivity index (χ2n) is 6.26. The number of carbonyl (C=O) groups excluding carboxylic acids is 2. The smallest absolute Gasteiger partial charge is 0.317 e. The molecule has 0 aromatic heterocycles. The first kappa shape index (κ1) is 19.7. The number of amides is 2. The second-order valence-corrected chi connectivity index (χ2v) is 6.26. The molecule has 1 aliphatic carbocycles. The van der Waals surface area contributed by atoms with Gasteiger partial charge < -0.3 is 20.5 Å². The molecule has 0 unspecified atom stereocenters. The number of likely N-dealkylation sites (N-methyl/N-ethyl adjacent to an activating group) is 1. The Bertz CT molecular complexity index is 658. The molecule has 1 fully saturated rings. The van der Waals surface area contributed by atoms with Gasteiger partial charge >= 0.3 is 5.97 Å². The molecule has 0 radical (unpaired) electrons. The molecule has 0 heterocycles. The normalized spacial score (nSPS) is 18.7. The molecule has 1 aliphatic rings. The lowest BCUT2D eigenvalue weighted by molar-refractivity contribution is -0.139. The summed E-state index contributed by atoms with van der Waals surface area (Å²) < 4.78 is 5.07. The van der Waals surface area contributed by atoms with Crippen molar-refractivity contribution in [3.63, 3.8) is 0 Å². The zero-order valence-corrected chi connectivity index (χ0v) is 15.0. The van der Waals surface area contributed by atoms with Crippen molar-refractivity contribution in [3.05, 3.63) is 29.8 Å². The van der Waals surface area contributed by atoms with Crippen LogP contribution in [0.15, 0.2) is 24.3 Å². The van der Waals surface area contributed by atoms with Gasteiger partial charge in [0.2, 0.25) is 5.91 Å². The fourth-order valence-corrected chi connectivity index (χ4v) is 2.98. The van der Waals surface area contributed by atoms with Crippen LogP contribution in [0.4, 0.5) is 0 Å². The maximum Gasteiger partial charge on any atom is 0.317 e. The number of hydrogen-bond acceptors (Lipinski definition) is 5. The molecule has 3 N–H and O–H groups in total. The number of aliphatic carboxylic acids is 1. The van der Waals surface area contributed by atoms with Crippen LogP contribution in [-0.2, 0) is 9.59 Å². The van der Waals surface area contributed by atoms with E-state index >= 15 is 0 Å². The highest BCUT2D eigenvalue weighted by Gasteiger charge is 2.34. The maximum absolute atomic E-state index is 12.1. The fraction of sp³-hybridized carbons (Fsp3) is 0.500. The van der Waals surface area contributed by atoms with Crippen LogP contribution < -0.4 is 15.4 Å². The predicted molar refractivity (Wildman–Crippen MR) is 95.2 cm³/mol. The van der Waals surface area contributed by atoms with Crippen LogP contribution in [0.5, 0.6) is 5.75 Å². The van der Waals surface area contributed by atoms with Crippen LogP contribution in [0, 0.1) is 0 Å². The van der Waals surface area contributed by atoms with Crippen LogP contribution in [0.3, 0.4) is 0 Å². The minimum Gasteiger partial charge on any atom is -0.497 e. The molecule has 8 nitrogen and oxygen atoms in total. The lowest BCUT2D eigenvalue weighted by atomic mass is 9.85. The summed E-state index contributed by atoms with van der Waals surface area (Å²) in [6, 6.07) is 6.88. The number of hydrogen-bond donors (Lipinski definition) is 3. The summed E-state index contributed by atoms with van der Waals surface area (Å²) in [5.41, 5.74) is 0.424. The van der Waals surface area contributed by atoms with E-state index in [1.165, 1.54) is 7.11 Å². The van der Waals surface area contributed by atoms with E-state index in [0.717, 1.165) is 12.8 Å². The molecule has 26 heavy (non-hydrogen) atoms. The molecular weight excluding hydrogens is 338 g/mol. The maximum atomic E-state index is 12.1. The Morgan fingerprint density at radius 3 is 2.65 bits per heavy atom. The first-order valence-corrected chi connectivity index (χ1v) is 8.60. The number of carboxylic acid groups (broad SMARTS) is 1. The Morgan fingerprint density at radius 2 is 2.04 bits per heavy atom. The van der Waals surface area contributed by atoms with Gasteiger partial charge in [-0.3, -0.25) is 19.3 Å². The first-order valence-electron chi connectivity index (χ1n) is 8.60. The van der Waals surface area contributed by atoms with Gasteiger partial charge in [-0.05, 0) is 37.6 Å². The molecule has 0 saturated heterocycles. The van der Waals surface area contributed by atoms with Crippen molar-refractivity contribution in [2.24, 2.45) is 0 Å². The summed E-state index contributed by atoms with van der Waals surface area (Å²) >= 11 is 0. The van der Waals surface area contributed by atoms with E-state index in [1.54, 1.807) is 24.3 Å². The van der Waals surface area contributed by atoms with Crippen molar-refractivity contribution in [2.45, 2.75) is 31.8 Å². The van der Waals surface area contributed by atoms with Gasteiger partial charge in [-0.15, -0.1) is 0 Å². The van der Waals surface area contributed by atoms with Crippen molar-refractivity contribution in [1.29, 1.82) is 0 Å². The van der Waals surface area contributed by atoms with Crippen LogP contribution >= 0.6 is 0 Å². The Labute approximate surface area is 152 Å². The monoisotopic (exact) mass is 363 g/mol. The van der Waals surface area contributed by atoms with E-state index in [-0.39, 0.29) is 37.0 Å². The first-order chi connectivity index (χ1) is 12.4. The Morgan fingerprint density at radius 1 is 1.31 bits per heavy atom. The Balaban J connectivity index is 1.71. The van der Waals surface area contributed by atoms with Crippen LogP contribution in [0.2, 0.25) is 0 Å². The molecule has 1 aromatic carbocycles. The van der Waals surface area contributed by atoms with Gasteiger partial charge in [-0.25, -0.2) is 0 Å². The number of carboxylic acids is 1. The quantitative estimate of drug-likeness (QED) is 0.589. The van der Waals surface area contributed by atoms with Gasteiger partial charge in [-0.1, -0.05) is 13.0 Å². The minimum absolute atomic E-state index is 0.0123. The van der Waals surface area contributed by atoms with Crippen molar-refractivity contribution >= 4 is 17.8 Å². The largest absolute Gasteiger partial charge is 0.497 e. The molecule has 0 bridgehead atoms. The predicted octanol–water partition coefficient (Wildman–Crippen LogP) is 0.479. The van der Waals surface area contributed by atoms with E-state index in [4.69, 9.17) is 9.84 Å². The Kier molecular flexibility index (Phi) is 6.97. The number of ether oxygens (including phenoxy) is 1. The number of nitrogens with zero attached hydrogens (tertiary/aromatic N) is 1. The van der Waals surface area contributed by atoms with Gasteiger partial charge in [-0.2, -0.15) is 0 Å². The highest BCUT2D eigenvalue weighted by Crippen LogP contribution is 2.25. The molecule has 0 spiro atoms. The number of methoxy groups -OCH3 is 1. The summed E-state index contributed by atoms with van der Waals surface area (Å²) in [6.45, 7) is 2.49. The van der Waals surface area contributed by atoms with Crippen LogP contribution in [0.1, 0.15) is 30.1 Å². The lowest BCUT2D eigenvalue weighted by Gasteiger charge is -2.42. The van der Waals surface area contributed by atoms with E-state index in [1.807, 2.05) is 11.8 Å². The average Bonchev–Trinajstić information content (AvgIpc) is 2.60. The number of carbonyl (C=O) groups is 3. The van der Waals surface area contributed by atoms with Gasteiger partial charge in [0.15, 0.2) is 0 Å². The topological polar surface area (TPSA) is 108 Å². The van der Waals surface area contributed by atoms with E-state index in [0.29, 0.717) is 17.9 Å². The molecular formula is C18H25N3O5. The number of nitrogens with one attached hydrogen (secondary N) is 2. The van der Waals surface area contributed by atoms with E-state index in [2.05, 4.69) is 10.6 Å². The summed E-state index contributed by atoms with van der Waals surface area (Å²) in [7, 11) is 1.52. The third-order valence-corrected chi connectivity index (χ3v) is 4.48. The van der Waals surface area contributed by atoms with Crippen LogP contribution in [-0.4, -0.2) is 66.6 Å². The van der Waals surface area contributed by atoms with Gasteiger partial charge in [0, 0.05) is 17.6 Å². The third-order valence-electron chi connectivity index (χ3n) is 4.48. The fourth-order valence-electron chi connectivity index (χ4n) is 2.98. The molecule has 2 rings (SSSR count). The number of rotatable bonds is 9. The standard InChI is InChI=1S/C18H25N3O5/c1-3-21(11-17(23)24)14-8-13(9-14)20-16(22)10-19-18(25)12-5-4-6-15(7-12)26-2/h4-7,13-14H,3,8-11H2,1-2H3,(H,19,25)(H,20,22)(H,23,24). The molecule has 1 aromatic rings. The molecule has 2 amide bonds. The second kappa shape index (κ2) is 9.19. The summed E-state index contributed by atoms with van der Waals surface area (Å²) in [6.07, 6.45) is 1.44. The zero-order valence-electron chi connectivity index (χ0n) is 15.0. The summed E-state index contributed by atoms with van der Waals surface area (Å²) in [5, 5.41) is 14.3. The van der Waals surface area contributed by atoms with Gasteiger partial charge in [0.05, 0.1) is 20.2 Å². The highest BCUT2D eigenvalue weighted by molar-refractivity contribution is 5.96. The molecule has 8 heteroatoms. The summed E-state index contributed by atoms with van der Waals surface area (Å²) in [4.78, 5) is 36.7. The van der Waals surface area contributed by atoms with Gasteiger partial charge in [0.25, 0.3) is 5.91 Å². The Hall–Kier alpha value is -2.61. The highest BCUT2D eigenvalue weighted by atomic mass is 16.5. The SMILES string of the molecule is CCN(CC(=O)O)C1CC(NC(=O)CNC(=O)c2cccc(OC)c2)C1. The van der Waals surface area contributed by atoms with Crippen molar-refractivity contribution < 1.29 is 24.2 Å². The zero-order chi connectivity index (χ0) is 19.1.